The minimum absolute atomic E-state index is 0.181. The Labute approximate surface area is 115 Å². The molecule has 0 spiro atoms. The molecule has 17 heavy (non-hydrogen) atoms. The van der Waals surface area contributed by atoms with Gasteiger partial charge in [0.1, 0.15) is 5.82 Å². The first-order valence-corrected chi connectivity index (χ1v) is 6.66. The number of nitrogens with one attached hydrogen (secondary N) is 2. The maximum absolute atomic E-state index is 12.9. The standard InChI is InChI=1S/C12H18FIN2O/c1-17-7-6-15-4-5-16-9-10-2-3-11(13)8-12(10)14/h2-3,8,15-16H,4-7,9H2,1H3. The van der Waals surface area contributed by atoms with E-state index in [-0.39, 0.29) is 5.82 Å². The molecule has 1 aromatic rings. The van der Waals surface area contributed by atoms with Crippen LogP contribution in [0.4, 0.5) is 4.39 Å². The molecule has 2 N–H and O–H groups in total. The van der Waals surface area contributed by atoms with Crippen LogP contribution in [0.15, 0.2) is 18.2 Å². The summed E-state index contributed by atoms with van der Waals surface area (Å²) in [4.78, 5) is 0. The Bertz CT molecular complexity index is 336. The van der Waals surface area contributed by atoms with Crippen LogP contribution in [0.1, 0.15) is 5.56 Å². The quantitative estimate of drug-likeness (QED) is 0.553. The molecule has 0 heterocycles. The van der Waals surface area contributed by atoms with Crippen LogP contribution in [-0.4, -0.2) is 33.4 Å². The minimum atomic E-state index is -0.181. The fourth-order valence-corrected chi connectivity index (χ4v) is 2.03. The molecule has 0 unspecified atom stereocenters. The average molecular weight is 352 g/mol. The van der Waals surface area contributed by atoms with E-state index in [9.17, 15) is 4.39 Å². The lowest BCUT2D eigenvalue weighted by atomic mass is 10.2. The van der Waals surface area contributed by atoms with Crippen LogP contribution in [0.5, 0.6) is 0 Å². The zero-order valence-corrected chi connectivity index (χ0v) is 12.1. The van der Waals surface area contributed by atoms with E-state index in [4.69, 9.17) is 4.74 Å². The van der Waals surface area contributed by atoms with E-state index in [1.54, 1.807) is 13.2 Å². The first kappa shape index (κ1) is 14.8. The lowest BCUT2D eigenvalue weighted by Gasteiger charge is -2.08. The van der Waals surface area contributed by atoms with Crippen molar-refractivity contribution in [3.63, 3.8) is 0 Å². The van der Waals surface area contributed by atoms with E-state index in [1.807, 2.05) is 6.07 Å². The lowest BCUT2D eigenvalue weighted by Crippen LogP contribution is -2.29. The molecule has 0 fully saturated rings. The Morgan fingerprint density at radius 1 is 1.24 bits per heavy atom. The van der Waals surface area contributed by atoms with Crippen molar-refractivity contribution in [2.24, 2.45) is 0 Å². The van der Waals surface area contributed by atoms with E-state index in [2.05, 4.69) is 33.2 Å². The Morgan fingerprint density at radius 2 is 2.00 bits per heavy atom. The van der Waals surface area contributed by atoms with Gasteiger partial charge in [-0.15, -0.1) is 0 Å². The number of halogens is 2. The first-order valence-electron chi connectivity index (χ1n) is 5.58. The van der Waals surface area contributed by atoms with Gasteiger partial charge in [-0.25, -0.2) is 4.39 Å². The summed E-state index contributed by atoms with van der Waals surface area (Å²) >= 11 is 2.15. The number of rotatable bonds is 8. The fraction of sp³-hybridized carbons (Fsp3) is 0.500. The van der Waals surface area contributed by atoms with Gasteiger partial charge < -0.3 is 15.4 Å². The third kappa shape index (κ3) is 6.30. The normalized spacial score (nSPS) is 10.8. The largest absolute Gasteiger partial charge is 0.383 e. The molecule has 0 atom stereocenters. The summed E-state index contributed by atoms with van der Waals surface area (Å²) in [5.41, 5.74) is 1.13. The summed E-state index contributed by atoms with van der Waals surface area (Å²) in [6, 6.07) is 4.87. The van der Waals surface area contributed by atoms with E-state index in [1.165, 1.54) is 6.07 Å². The lowest BCUT2D eigenvalue weighted by molar-refractivity contribution is 0.199. The molecule has 0 aliphatic heterocycles. The Balaban J connectivity index is 2.14. The number of hydrogen-bond acceptors (Lipinski definition) is 3. The fourth-order valence-electron chi connectivity index (χ4n) is 1.36. The van der Waals surface area contributed by atoms with Crippen molar-refractivity contribution in [2.45, 2.75) is 6.54 Å². The van der Waals surface area contributed by atoms with Gasteiger partial charge in [-0.2, -0.15) is 0 Å². The highest BCUT2D eigenvalue weighted by Crippen LogP contribution is 2.13. The predicted molar refractivity (Wildman–Crippen MR) is 75.6 cm³/mol. The third-order valence-electron chi connectivity index (χ3n) is 2.29. The van der Waals surface area contributed by atoms with Gasteiger partial charge in [-0.05, 0) is 40.3 Å². The molecule has 3 nitrogen and oxygen atoms in total. The van der Waals surface area contributed by atoms with E-state index >= 15 is 0 Å². The minimum Gasteiger partial charge on any atom is -0.383 e. The van der Waals surface area contributed by atoms with Crippen molar-refractivity contribution in [1.29, 1.82) is 0 Å². The molecule has 0 amide bonds. The Morgan fingerprint density at radius 3 is 2.71 bits per heavy atom. The number of benzene rings is 1. The highest BCUT2D eigenvalue weighted by molar-refractivity contribution is 14.1. The van der Waals surface area contributed by atoms with Gasteiger partial charge in [0.2, 0.25) is 0 Å². The van der Waals surface area contributed by atoms with Crippen LogP contribution >= 0.6 is 22.6 Å². The van der Waals surface area contributed by atoms with Crippen molar-refractivity contribution in [1.82, 2.24) is 10.6 Å². The van der Waals surface area contributed by atoms with Gasteiger partial charge in [0.25, 0.3) is 0 Å². The topological polar surface area (TPSA) is 33.3 Å². The van der Waals surface area contributed by atoms with Crippen LogP contribution in [0, 0.1) is 9.39 Å². The maximum Gasteiger partial charge on any atom is 0.124 e. The molecule has 0 radical (unpaired) electrons. The van der Waals surface area contributed by atoms with Crippen molar-refractivity contribution >= 4 is 22.6 Å². The molecule has 5 heteroatoms. The summed E-state index contributed by atoms with van der Waals surface area (Å²) < 4.78 is 18.7. The van der Waals surface area contributed by atoms with Gasteiger partial charge in [-0.3, -0.25) is 0 Å². The maximum atomic E-state index is 12.9. The molecule has 0 saturated heterocycles. The molecule has 0 aliphatic carbocycles. The van der Waals surface area contributed by atoms with Gasteiger partial charge in [0, 0.05) is 36.9 Å². The molecule has 0 bridgehead atoms. The van der Waals surface area contributed by atoms with Crippen LogP contribution in [-0.2, 0) is 11.3 Å². The van der Waals surface area contributed by atoms with Gasteiger partial charge in [0.05, 0.1) is 6.61 Å². The molecule has 0 aromatic heterocycles. The zero-order valence-electron chi connectivity index (χ0n) is 9.93. The van der Waals surface area contributed by atoms with E-state index in [0.29, 0.717) is 0 Å². The summed E-state index contributed by atoms with van der Waals surface area (Å²) in [5.74, 6) is -0.181. The van der Waals surface area contributed by atoms with Crippen molar-refractivity contribution < 1.29 is 9.13 Å². The Kier molecular flexibility index (Phi) is 7.67. The molecular formula is C12H18FIN2O. The van der Waals surface area contributed by atoms with Gasteiger partial charge in [0.15, 0.2) is 0 Å². The van der Waals surface area contributed by atoms with Crippen molar-refractivity contribution in [2.75, 3.05) is 33.4 Å². The SMILES string of the molecule is COCCNCCNCc1ccc(F)cc1I. The molecular weight excluding hydrogens is 334 g/mol. The van der Waals surface area contributed by atoms with E-state index in [0.717, 1.165) is 41.9 Å². The van der Waals surface area contributed by atoms with Crippen LogP contribution in [0.25, 0.3) is 0 Å². The van der Waals surface area contributed by atoms with Crippen LogP contribution in [0.2, 0.25) is 0 Å². The van der Waals surface area contributed by atoms with Crippen molar-refractivity contribution in [3.05, 3.63) is 33.1 Å². The van der Waals surface area contributed by atoms with Gasteiger partial charge >= 0.3 is 0 Å². The smallest absolute Gasteiger partial charge is 0.124 e. The summed E-state index contributed by atoms with van der Waals surface area (Å²) in [5, 5.41) is 6.56. The Hall–Kier alpha value is -0.240. The molecule has 0 saturated carbocycles. The third-order valence-corrected chi connectivity index (χ3v) is 3.30. The van der Waals surface area contributed by atoms with E-state index < -0.39 is 0 Å². The summed E-state index contributed by atoms with van der Waals surface area (Å²) in [6.45, 7) is 4.16. The summed E-state index contributed by atoms with van der Waals surface area (Å²) in [7, 11) is 1.69. The highest BCUT2D eigenvalue weighted by Gasteiger charge is 2.00. The second-order valence-corrected chi connectivity index (χ2v) is 4.82. The molecule has 0 aliphatic rings. The predicted octanol–water partition coefficient (Wildman–Crippen LogP) is 1.76. The number of methoxy groups -OCH3 is 1. The first-order chi connectivity index (χ1) is 8.24. The number of hydrogen-bond donors (Lipinski definition) is 2. The summed E-state index contributed by atoms with van der Waals surface area (Å²) in [6.07, 6.45) is 0. The number of ether oxygens (including phenoxy) is 1. The van der Waals surface area contributed by atoms with Gasteiger partial charge in [-0.1, -0.05) is 6.07 Å². The average Bonchev–Trinajstić information content (AvgIpc) is 2.30. The zero-order chi connectivity index (χ0) is 12.5. The molecule has 96 valence electrons. The van der Waals surface area contributed by atoms with Crippen LogP contribution in [0.3, 0.4) is 0 Å². The molecule has 1 aromatic carbocycles. The van der Waals surface area contributed by atoms with Crippen molar-refractivity contribution in [3.8, 4) is 0 Å². The second kappa shape index (κ2) is 8.79. The molecule has 1 rings (SSSR count). The monoisotopic (exact) mass is 352 g/mol. The second-order valence-electron chi connectivity index (χ2n) is 3.66. The highest BCUT2D eigenvalue weighted by atomic mass is 127. The van der Waals surface area contributed by atoms with Crippen LogP contribution < -0.4 is 10.6 Å².